The van der Waals surface area contributed by atoms with Gasteiger partial charge in [0.2, 0.25) is 5.91 Å². The second-order valence-electron chi connectivity index (χ2n) is 6.73. The molecule has 3 rings (SSSR count). The predicted octanol–water partition coefficient (Wildman–Crippen LogP) is 1.34. The van der Waals surface area contributed by atoms with Crippen molar-refractivity contribution in [3.05, 3.63) is 24.3 Å². The number of benzene rings is 1. The quantitative estimate of drug-likeness (QED) is 0.838. The predicted molar refractivity (Wildman–Crippen MR) is 96.2 cm³/mol. The van der Waals surface area contributed by atoms with Gasteiger partial charge in [0.1, 0.15) is 9.84 Å². The monoisotopic (exact) mass is 351 g/mol. The summed E-state index contributed by atoms with van der Waals surface area (Å²) in [6.07, 6.45) is 3.84. The highest BCUT2D eigenvalue weighted by Gasteiger charge is 2.31. The van der Waals surface area contributed by atoms with Crippen LogP contribution in [-0.2, 0) is 14.6 Å². The number of hydrogen-bond acceptors (Lipinski definition) is 5. The van der Waals surface area contributed by atoms with Gasteiger partial charge in [-0.05, 0) is 37.1 Å². The summed E-state index contributed by atoms with van der Waals surface area (Å²) >= 11 is 0. The molecule has 6 nitrogen and oxygen atoms in total. The average Bonchev–Trinajstić information content (AvgIpc) is 3.38. The minimum atomic E-state index is -3.11. The summed E-state index contributed by atoms with van der Waals surface area (Å²) in [5.74, 6) is -0.395. The van der Waals surface area contributed by atoms with Crippen molar-refractivity contribution in [1.82, 2.24) is 4.90 Å². The third-order valence-corrected chi connectivity index (χ3v) is 5.54. The molecule has 0 bridgehead atoms. The van der Waals surface area contributed by atoms with Gasteiger partial charge in [0.25, 0.3) is 0 Å². The van der Waals surface area contributed by atoms with Crippen molar-refractivity contribution in [2.24, 2.45) is 0 Å². The zero-order valence-electron chi connectivity index (χ0n) is 14.1. The molecule has 1 N–H and O–H groups in total. The minimum Gasteiger partial charge on any atom is -0.369 e. The van der Waals surface area contributed by atoms with E-state index < -0.39 is 9.84 Å². The Morgan fingerprint density at radius 3 is 2.29 bits per heavy atom. The first-order valence-corrected chi connectivity index (χ1v) is 10.5. The first-order chi connectivity index (χ1) is 11.4. The number of carbonyl (C=O) groups is 1. The molecular formula is C17H25N3O3S. The van der Waals surface area contributed by atoms with Crippen LogP contribution in [0.1, 0.15) is 19.3 Å². The summed E-state index contributed by atoms with van der Waals surface area (Å²) in [6, 6.07) is 8.61. The maximum atomic E-state index is 11.8. The molecule has 1 heterocycles. The van der Waals surface area contributed by atoms with E-state index in [1.54, 1.807) is 0 Å². The standard InChI is InChI=1S/C17H25N3O3S/c1-24(22,23)13-8-17(21)18-14-2-4-15(5-3-14)19-9-11-20(12-10-19)16-6-7-16/h2-5,16H,6-13H2,1H3,(H,18,21). The van der Waals surface area contributed by atoms with Crippen molar-refractivity contribution in [3.8, 4) is 0 Å². The molecule has 0 radical (unpaired) electrons. The van der Waals surface area contributed by atoms with Crippen molar-refractivity contribution in [2.75, 3.05) is 48.4 Å². The molecule has 2 fully saturated rings. The molecule has 2 aliphatic rings. The van der Waals surface area contributed by atoms with Crippen molar-refractivity contribution >= 4 is 27.1 Å². The van der Waals surface area contributed by atoms with Crippen LogP contribution in [0.2, 0.25) is 0 Å². The Hall–Kier alpha value is -1.60. The molecule has 1 saturated carbocycles. The summed E-state index contributed by atoms with van der Waals surface area (Å²) < 4.78 is 22.2. The van der Waals surface area contributed by atoms with E-state index in [0.717, 1.165) is 38.5 Å². The maximum Gasteiger partial charge on any atom is 0.225 e. The van der Waals surface area contributed by atoms with Gasteiger partial charge in [0, 0.05) is 56.3 Å². The van der Waals surface area contributed by atoms with E-state index in [2.05, 4.69) is 15.1 Å². The summed E-state index contributed by atoms with van der Waals surface area (Å²) in [5.41, 5.74) is 1.87. The number of rotatable bonds is 6. The van der Waals surface area contributed by atoms with Gasteiger partial charge in [-0.3, -0.25) is 9.69 Å². The lowest BCUT2D eigenvalue weighted by Gasteiger charge is -2.36. The zero-order valence-corrected chi connectivity index (χ0v) is 14.9. The SMILES string of the molecule is CS(=O)(=O)CCC(=O)Nc1ccc(N2CCN(C3CC3)CC2)cc1. The van der Waals surface area contributed by atoms with Gasteiger partial charge in [-0.1, -0.05) is 0 Å². The molecule has 1 amide bonds. The lowest BCUT2D eigenvalue weighted by Crippen LogP contribution is -2.47. The first-order valence-electron chi connectivity index (χ1n) is 8.47. The van der Waals surface area contributed by atoms with Gasteiger partial charge >= 0.3 is 0 Å². The molecule has 7 heteroatoms. The number of amides is 1. The van der Waals surface area contributed by atoms with Crippen LogP contribution in [0, 0.1) is 0 Å². The Kier molecular flexibility index (Phi) is 5.10. The molecule has 0 aromatic heterocycles. The third-order valence-electron chi connectivity index (χ3n) is 4.59. The normalized spacial score (nSPS) is 19.3. The number of carbonyl (C=O) groups excluding carboxylic acids is 1. The number of sulfone groups is 1. The highest BCUT2D eigenvalue weighted by molar-refractivity contribution is 7.90. The highest BCUT2D eigenvalue weighted by atomic mass is 32.2. The number of nitrogens with one attached hydrogen (secondary N) is 1. The van der Waals surface area contributed by atoms with Crippen LogP contribution in [0.4, 0.5) is 11.4 Å². The molecule has 1 aromatic rings. The van der Waals surface area contributed by atoms with Gasteiger partial charge in [0.15, 0.2) is 0 Å². The Balaban J connectivity index is 1.49. The molecule has 0 atom stereocenters. The number of nitrogens with zero attached hydrogens (tertiary/aromatic N) is 2. The van der Waals surface area contributed by atoms with E-state index >= 15 is 0 Å². The van der Waals surface area contributed by atoms with Crippen LogP contribution < -0.4 is 10.2 Å². The van der Waals surface area contributed by atoms with Gasteiger partial charge in [0.05, 0.1) is 5.75 Å². The van der Waals surface area contributed by atoms with Gasteiger partial charge in [-0.15, -0.1) is 0 Å². The molecule has 1 aromatic carbocycles. The van der Waals surface area contributed by atoms with Crippen LogP contribution >= 0.6 is 0 Å². The lowest BCUT2D eigenvalue weighted by molar-refractivity contribution is -0.115. The van der Waals surface area contributed by atoms with Crippen LogP contribution in [0.5, 0.6) is 0 Å². The average molecular weight is 351 g/mol. The van der Waals surface area contributed by atoms with E-state index in [0.29, 0.717) is 5.69 Å². The smallest absolute Gasteiger partial charge is 0.225 e. The molecule has 0 spiro atoms. The summed E-state index contributed by atoms with van der Waals surface area (Å²) in [6.45, 7) is 4.32. The van der Waals surface area contributed by atoms with E-state index in [1.807, 2.05) is 24.3 Å². The van der Waals surface area contributed by atoms with Crippen molar-refractivity contribution in [1.29, 1.82) is 0 Å². The topological polar surface area (TPSA) is 69.7 Å². The van der Waals surface area contributed by atoms with E-state index in [4.69, 9.17) is 0 Å². The summed E-state index contributed by atoms with van der Waals surface area (Å²) in [5, 5.41) is 2.74. The van der Waals surface area contributed by atoms with Gasteiger partial charge in [-0.2, -0.15) is 0 Å². The zero-order chi connectivity index (χ0) is 17.2. The van der Waals surface area contributed by atoms with Crippen molar-refractivity contribution < 1.29 is 13.2 Å². The number of anilines is 2. The van der Waals surface area contributed by atoms with Crippen molar-refractivity contribution in [2.45, 2.75) is 25.3 Å². The van der Waals surface area contributed by atoms with Gasteiger partial charge < -0.3 is 10.2 Å². The van der Waals surface area contributed by atoms with E-state index in [1.165, 1.54) is 18.5 Å². The molecular weight excluding hydrogens is 326 g/mol. The molecule has 1 aliphatic carbocycles. The summed E-state index contributed by atoms with van der Waals surface area (Å²) in [4.78, 5) is 16.7. The Labute approximate surface area is 143 Å². The molecule has 1 saturated heterocycles. The van der Waals surface area contributed by atoms with E-state index in [9.17, 15) is 13.2 Å². The van der Waals surface area contributed by atoms with Crippen LogP contribution in [0.15, 0.2) is 24.3 Å². The van der Waals surface area contributed by atoms with Gasteiger partial charge in [-0.25, -0.2) is 8.42 Å². The number of hydrogen-bond donors (Lipinski definition) is 1. The Morgan fingerprint density at radius 2 is 1.75 bits per heavy atom. The Bertz CT molecular complexity index is 676. The largest absolute Gasteiger partial charge is 0.369 e. The minimum absolute atomic E-state index is 0.0102. The van der Waals surface area contributed by atoms with Crippen molar-refractivity contribution in [3.63, 3.8) is 0 Å². The lowest BCUT2D eigenvalue weighted by atomic mass is 10.2. The van der Waals surface area contributed by atoms with E-state index in [-0.39, 0.29) is 18.1 Å². The molecule has 0 unspecified atom stereocenters. The molecule has 24 heavy (non-hydrogen) atoms. The third kappa shape index (κ3) is 4.95. The van der Waals surface area contributed by atoms with Crippen LogP contribution in [0.25, 0.3) is 0 Å². The first kappa shape index (κ1) is 17.2. The fraction of sp³-hybridized carbons (Fsp3) is 0.588. The molecule has 1 aliphatic heterocycles. The van der Waals surface area contributed by atoms with Crippen LogP contribution in [-0.4, -0.2) is 63.5 Å². The highest BCUT2D eigenvalue weighted by Crippen LogP contribution is 2.28. The fourth-order valence-electron chi connectivity index (χ4n) is 3.04. The Morgan fingerprint density at radius 1 is 1.12 bits per heavy atom. The fourth-order valence-corrected chi connectivity index (χ4v) is 3.60. The molecule has 132 valence electrons. The summed E-state index contributed by atoms with van der Waals surface area (Å²) in [7, 11) is -3.11. The second-order valence-corrected chi connectivity index (χ2v) is 8.99. The van der Waals surface area contributed by atoms with Crippen LogP contribution in [0.3, 0.4) is 0 Å². The second kappa shape index (κ2) is 7.11. The maximum absolute atomic E-state index is 11.8. The number of piperazine rings is 1.